The summed E-state index contributed by atoms with van der Waals surface area (Å²) in [5, 5.41) is 14.8. The summed E-state index contributed by atoms with van der Waals surface area (Å²) in [4.78, 5) is 12.5. The highest BCUT2D eigenvalue weighted by atomic mass is 16.2. The number of amides is 1. The third kappa shape index (κ3) is 3.55. The second kappa shape index (κ2) is 6.80. The highest BCUT2D eigenvalue weighted by Gasteiger charge is 2.18. The monoisotopic (exact) mass is 338 g/mol. The third-order valence-corrected chi connectivity index (χ3v) is 4.14. The Balaban J connectivity index is 1.67. The van der Waals surface area contributed by atoms with E-state index in [0.29, 0.717) is 0 Å². The molecule has 0 bridgehead atoms. The lowest BCUT2D eigenvalue weighted by atomic mass is 10.2. The molecule has 0 radical (unpaired) electrons. The number of hydrogen-bond donors (Lipinski definition) is 2. The molecule has 1 aromatic carbocycles. The van der Waals surface area contributed by atoms with Crippen LogP contribution >= 0.6 is 0 Å². The molecule has 0 aliphatic heterocycles. The maximum Gasteiger partial charge on any atom is 0.246 e. The van der Waals surface area contributed by atoms with E-state index in [1.165, 1.54) is 0 Å². The number of benzene rings is 1. The molecule has 1 amide bonds. The second-order valence-electron chi connectivity index (χ2n) is 6.03. The molecule has 0 saturated heterocycles. The Morgan fingerprint density at radius 3 is 2.56 bits per heavy atom. The molecule has 7 heteroatoms. The maximum absolute atomic E-state index is 12.5. The standard InChI is InChI=1S/C18H22N6O/c1-12-17(14(3)23(4)22-12)21-18(25)13(2)20-15-10-19-24(11-15)16-8-6-5-7-9-16/h5-11,13,20H,1-4H3,(H,21,25)/t13-/m0/s1. The van der Waals surface area contributed by atoms with Crippen molar-refractivity contribution in [2.75, 3.05) is 10.6 Å². The number of hydrogen-bond acceptors (Lipinski definition) is 4. The molecule has 0 fully saturated rings. The summed E-state index contributed by atoms with van der Waals surface area (Å²) in [6.07, 6.45) is 3.57. The first kappa shape index (κ1) is 16.8. The summed E-state index contributed by atoms with van der Waals surface area (Å²) < 4.78 is 3.52. The fraction of sp³-hybridized carbons (Fsp3) is 0.278. The fourth-order valence-corrected chi connectivity index (χ4v) is 2.62. The Morgan fingerprint density at radius 1 is 1.20 bits per heavy atom. The molecule has 130 valence electrons. The van der Waals surface area contributed by atoms with Crippen molar-refractivity contribution in [2.24, 2.45) is 7.05 Å². The molecule has 0 saturated carbocycles. The SMILES string of the molecule is Cc1nn(C)c(C)c1NC(=O)[C@H](C)Nc1cnn(-c2ccccc2)c1. The van der Waals surface area contributed by atoms with Crippen molar-refractivity contribution in [3.05, 3.63) is 54.1 Å². The molecule has 3 rings (SSSR count). The van der Waals surface area contributed by atoms with E-state index in [2.05, 4.69) is 20.8 Å². The van der Waals surface area contributed by atoms with Crippen LogP contribution in [0.2, 0.25) is 0 Å². The Bertz CT molecular complexity index is 880. The van der Waals surface area contributed by atoms with Crippen LogP contribution in [-0.2, 0) is 11.8 Å². The van der Waals surface area contributed by atoms with Gasteiger partial charge in [0.1, 0.15) is 6.04 Å². The zero-order valence-corrected chi connectivity index (χ0v) is 14.8. The van der Waals surface area contributed by atoms with Crippen molar-refractivity contribution in [3.63, 3.8) is 0 Å². The van der Waals surface area contributed by atoms with Crippen molar-refractivity contribution in [3.8, 4) is 5.69 Å². The zero-order chi connectivity index (χ0) is 18.0. The van der Waals surface area contributed by atoms with Gasteiger partial charge in [0.05, 0.1) is 40.8 Å². The van der Waals surface area contributed by atoms with Crippen molar-refractivity contribution in [1.82, 2.24) is 19.6 Å². The largest absolute Gasteiger partial charge is 0.371 e. The van der Waals surface area contributed by atoms with E-state index < -0.39 is 6.04 Å². The average Bonchev–Trinajstić information content (AvgIpc) is 3.16. The van der Waals surface area contributed by atoms with Gasteiger partial charge in [-0.1, -0.05) is 18.2 Å². The molecular weight excluding hydrogens is 316 g/mol. The van der Waals surface area contributed by atoms with Crippen molar-refractivity contribution < 1.29 is 4.79 Å². The zero-order valence-electron chi connectivity index (χ0n) is 14.8. The van der Waals surface area contributed by atoms with Gasteiger partial charge in [-0.05, 0) is 32.9 Å². The van der Waals surface area contributed by atoms with Gasteiger partial charge in [0, 0.05) is 7.05 Å². The molecule has 0 spiro atoms. The van der Waals surface area contributed by atoms with Crippen LogP contribution in [0.15, 0.2) is 42.7 Å². The number of nitrogens with zero attached hydrogens (tertiary/aromatic N) is 4. The molecule has 2 aromatic heterocycles. The van der Waals surface area contributed by atoms with Gasteiger partial charge in [0.2, 0.25) is 5.91 Å². The van der Waals surface area contributed by atoms with Gasteiger partial charge in [-0.3, -0.25) is 9.48 Å². The Labute approximate surface area is 146 Å². The molecule has 2 heterocycles. The first-order chi connectivity index (χ1) is 12.0. The van der Waals surface area contributed by atoms with Crippen LogP contribution in [0.5, 0.6) is 0 Å². The van der Waals surface area contributed by atoms with Gasteiger partial charge in [0.15, 0.2) is 0 Å². The fourth-order valence-electron chi connectivity index (χ4n) is 2.62. The van der Waals surface area contributed by atoms with E-state index >= 15 is 0 Å². The molecule has 7 nitrogen and oxygen atoms in total. The number of anilines is 2. The van der Waals surface area contributed by atoms with E-state index in [1.807, 2.05) is 64.3 Å². The first-order valence-electron chi connectivity index (χ1n) is 8.13. The van der Waals surface area contributed by atoms with Gasteiger partial charge in [-0.25, -0.2) is 4.68 Å². The number of aromatic nitrogens is 4. The minimum atomic E-state index is -0.410. The van der Waals surface area contributed by atoms with Crippen LogP contribution in [0.1, 0.15) is 18.3 Å². The summed E-state index contributed by atoms with van der Waals surface area (Å²) in [6, 6.07) is 9.41. The van der Waals surface area contributed by atoms with Crippen molar-refractivity contribution in [2.45, 2.75) is 26.8 Å². The average molecular weight is 338 g/mol. The Morgan fingerprint density at radius 2 is 1.92 bits per heavy atom. The minimum Gasteiger partial charge on any atom is -0.371 e. The number of aryl methyl sites for hydroxylation is 2. The normalized spacial score (nSPS) is 12.0. The molecule has 2 N–H and O–H groups in total. The molecule has 3 aromatic rings. The predicted molar refractivity (Wildman–Crippen MR) is 98.0 cm³/mol. The summed E-state index contributed by atoms with van der Waals surface area (Å²) in [6.45, 7) is 5.62. The van der Waals surface area contributed by atoms with Gasteiger partial charge in [-0.2, -0.15) is 10.2 Å². The molecule has 25 heavy (non-hydrogen) atoms. The van der Waals surface area contributed by atoms with Crippen LogP contribution in [0.25, 0.3) is 5.69 Å². The van der Waals surface area contributed by atoms with Gasteiger partial charge in [0.25, 0.3) is 0 Å². The molecule has 1 atom stereocenters. The number of carbonyl (C=O) groups excluding carboxylic acids is 1. The topological polar surface area (TPSA) is 76.8 Å². The molecular formula is C18H22N6O. The lowest BCUT2D eigenvalue weighted by Gasteiger charge is -2.14. The number of rotatable bonds is 5. The number of nitrogens with one attached hydrogen (secondary N) is 2. The van der Waals surface area contributed by atoms with Gasteiger partial charge < -0.3 is 10.6 Å². The molecule has 0 aliphatic rings. The number of para-hydroxylation sites is 1. The Kier molecular flexibility index (Phi) is 4.56. The quantitative estimate of drug-likeness (QED) is 0.750. The maximum atomic E-state index is 12.5. The highest BCUT2D eigenvalue weighted by Crippen LogP contribution is 2.19. The van der Waals surface area contributed by atoms with E-state index in [9.17, 15) is 4.79 Å². The van der Waals surface area contributed by atoms with Crippen molar-refractivity contribution in [1.29, 1.82) is 0 Å². The molecule has 0 aliphatic carbocycles. The predicted octanol–water partition coefficient (Wildman–Crippen LogP) is 2.66. The van der Waals surface area contributed by atoms with E-state index in [-0.39, 0.29) is 5.91 Å². The molecule has 0 unspecified atom stereocenters. The van der Waals surface area contributed by atoms with E-state index in [0.717, 1.165) is 28.5 Å². The van der Waals surface area contributed by atoms with Crippen LogP contribution < -0.4 is 10.6 Å². The highest BCUT2D eigenvalue weighted by molar-refractivity contribution is 5.97. The lowest BCUT2D eigenvalue weighted by Crippen LogP contribution is -2.32. The second-order valence-corrected chi connectivity index (χ2v) is 6.03. The van der Waals surface area contributed by atoms with Gasteiger partial charge in [-0.15, -0.1) is 0 Å². The van der Waals surface area contributed by atoms with Crippen LogP contribution in [0, 0.1) is 13.8 Å². The van der Waals surface area contributed by atoms with E-state index in [4.69, 9.17) is 0 Å². The summed E-state index contributed by atoms with van der Waals surface area (Å²) in [7, 11) is 1.86. The van der Waals surface area contributed by atoms with E-state index in [1.54, 1.807) is 15.6 Å². The van der Waals surface area contributed by atoms with Crippen molar-refractivity contribution >= 4 is 17.3 Å². The number of carbonyl (C=O) groups is 1. The third-order valence-electron chi connectivity index (χ3n) is 4.14. The smallest absolute Gasteiger partial charge is 0.246 e. The lowest BCUT2D eigenvalue weighted by molar-refractivity contribution is -0.116. The van der Waals surface area contributed by atoms with Crippen LogP contribution in [0.3, 0.4) is 0 Å². The Hall–Kier alpha value is -3.09. The summed E-state index contributed by atoms with van der Waals surface area (Å²) >= 11 is 0. The van der Waals surface area contributed by atoms with Crippen LogP contribution in [-0.4, -0.2) is 31.5 Å². The minimum absolute atomic E-state index is 0.119. The summed E-state index contributed by atoms with van der Waals surface area (Å²) in [5.41, 5.74) is 4.24. The van der Waals surface area contributed by atoms with Crippen LogP contribution in [0.4, 0.5) is 11.4 Å². The summed E-state index contributed by atoms with van der Waals surface area (Å²) in [5.74, 6) is -0.119. The first-order valence-corrected chi connectivity index (χ1v) is 8.13. The van der Waals surface area contributed by atoms with Gasteiger partial charge >= 0.3 is 0 Å².